The lowest BCUT2D eigenvalue weighted by Gasteiger charge is -2.18. The van der Waals surface area contributed by atoms with Gasteiger partial charge in [-0.25, -0.2) is 0 Å². The van der Waals surface area contributed by atoms with Gasteiger partial charge in [0.05, 0.1) is 0 Å². The minimum atomic E-state index is 0.919. The quantitative estimate of drug-likeness (QED) is 0.151. The van der Waals surface area contributed by atoms with Gasteiger partial charge in [-0.05, 0) is 62.2 Å². The maximum atomic E-state index is 6.66. The van der Waals surface area contributed by atoms with E-state index >= 15 is 0 Å². The van der Waals surface area contributed by atoms with Gasteiger partial charge in [-0.15, -0.1) is 0 Å². The largest absolute Gasteiger partial charge is 0.398 e. The molecule has 0 aromatic heterocycles. The smallest absolute Gasteiger partial charge is 0.0403 e. The standard InChI is InChI=1S/C26H25N/c1-2-3-4-5-9-18-16-23(27)26-22-15-7-11-17-10-6-13-20(24(17)22)21-14-8-12-19(18)25(21)26/h6-8,10-16H,2-5,9,27H2,1H3. The molecule has 27 heavy (non-hydrogen) atoms. The van der Waals surface area contributed by atoms with Crippen molar-refractivity contribution in [3.8, 4) is 0 Å². The van der Waals surface area contributed by atoms with E-state index < -0.39 is 0 Å². The number of hydrogen-bond donors (Lipinski definition) is 1. The highest BCUT2D eigenvalue weighted by molar-refractivity contribution is 6.35. The van der Waals surface area contributed by atoms with Gasteiger partial charge in [0.2, 0.25) is 0 Å². The average Bonchev–Trinajstić information content (AvgIpc) is 2.70. The molecule has 0 saturated heterocycles. The SMILES string of the molecule is CCCCCCc1cc(N)c2c3cccc4cccc(c5cccc1c52)c43. The molecule has 0 spiro atoms. The fourth-order valence-electron chi connectivity index (χ4n) is 4.81. The minimum Gasteiger partial charge on any atom is -0.398 e. The zero-order chi connectivity index (χ0) is 18.4. The van der Waals surface area contributed by atoms with Crippen LogP contribution in [0.1, 0.15) is 38.2 Å². The highest BCUT2D eigenvalue weighted by Crippen LogP contribution is 2.43. The van der Waals surface area contributed by atoms with E-state index in [1.165, 1.54) is 74.3 Å². The molecule has 0 bridgehead atoms. The van der Waals surface area contributed by atoms with E-state index in [9.17, 15) is 0 Å². The summed E-state index contributed by atoms with van der Waals surface area (Å²) in [6.07, 6.45) is 6.22. The van der Waals surface area contributed by atoms with Gasteiger partial charge in [0.25, 0.3) is 0 Å². The number of hydrogen-bond acceptors (Lipinski definition) is 1. The molecular formula is C26H25N. The van der Waals surface area contributed by atoms with Crippen molar-refractivity contribution in [2.45, 2.75) is 39.0 Å². The van der Waals surface area contributed by atoms with E-state index in [2.05, 4.69) is 67.6 Å². The van der Waals surface area contributed by atoms with Crippen LogP contribution >= 0.6 is 0 Å². The van der Waals surface area contributed by atoms with Crippen molar-refractivity contribution in [3.05, 3.63) is 66.2 Å². The lowest BCUT2D eigenvalue weighted by molar-refractivity contribution is 0.668. The van der Waals surface area contributed by atoms with Crippen LogP contribution in [0, 0.1) is 0 Å². The number of anilines is 1. The molecule has 5 aromatic carbocycles. The molecule has 0 atom stereocenters. The van der Waals surface area contributed by atoms with Gasteiger partial charge in [-0.1, -0.05) is 80.8 Å². The van der Waals surface area contributed by atoms with Gasteiger partial charge in [-0.3, -0.25) is 0 Å². The fourth-order valence-corrected chi connectivity index (χ4v) is 4.81. The molecule has 0 aliphatic heterocycles. The van der Waals surface area contributed by atoms with Crippen LogP contribution in [0.5, 0.6) is 0 Å². The summed E-state index contributed by atoms with van der Waals surface area (Å²) in [6.45, 7) is 2.26. The number of rotatable bonds is 5. The Hall–Kier alpha value is -2.80. The number of benzene rings is 5. The molecule has 2 N–H and O–H groups in total. The predicted molar refractivity (Wildman–Crippen MR) is 120 cm³/mol. The van der Waals surface area contributed by atoms with Gasteiger partial charge in [-0.2, -0.15) is 0 Å². The summed E-state index contributed by atoms with van der Waals surface area (Å²) in [5.74, 6) is 0. The Morgan fingerprint density at radius 3 is 2.11 bits per heavy atom. The first-order valence-corrected chi connectivity index (χ1v) is 10.2. The average molecular weight is 351 g/mol. The van der Waals surface area contributed by atoms with Gasteiger partial charge < -0.3 is 5.73 Å². The number of unbranched alkanes of at least 4 members (excludes halogenated alkanes) is 3. The molecule has 0 aliphatic rings. The maximum absolute atomic E-state index is 6.66. The molecule has 134 valence electrons. The molecule has 0 saturated carbocycles. The highest BCUT2D eigenvalue weighted by atomic mass is 14.6. The summed E-state index contributed by atoms with van der Waals surface area (Å²) in [4.78, 5) is 0. The normalized spacial score (nSPS) is 12.0. The van der Waals surface area contributed by atoms with Crippen LogP contribution in [-0.4, -0.2) is 0 Å². The van der Waals surface area contributed by atoms with E-state index in [-0.39, 0.29) is 0 Å². The fraction of sp³-hybridized carbons (Fsp3) is 0.231. The van der Waals surface area contributed by atoms with Crippen molar-refractivity contribution in [2.24, 2.45) is 0 Å². The Labute approximate surface area is 160 Å². The summed E-state index contributed by atoms with van der Waals surface area (Å²) in [5.41, 5.74) is 8.98. The molecule has 1 nitrogen and oxygen atoms in total. The Morgan fingerprint density at radius 2 is 1.33 bits per heavy atom. The van der Waals surface area contributed by atoms with E-state index in [0.29, 0.717) is 0 Å². The second kappa shape index (κ2) is 6.42. The molecule has 1 heteroatoms. The summed E-state index contributed by atoms with van der Waals surface area (Å²) in [5, 5.41) is 10.5. The van der Waals surface area contributed by atoms with Crippen molar-refractivity contribution in [2.75, 3.05) is 5.73 Å². The molecule has 5 rings (SSSR count). The van der Waals surface area contributed by atoms with Crippen molar-refractivity contribution in [1.82, 2.24) is 0 Å². The maximum Gasteiger partial charge on any atom is 0.0403 e. The van der Waals surface area contributed by atoms with Crippen molar-refractivity contribution < 1.29 is 0 Å². The summed E-state index contributed by atoms with van der Waals surface area (Å²) in [6, 6.07) is 22.2. The van der Waals surface area contributed by atoms with Crippen LogP contribution in [0.4, 0.5) is 5.69 Å². The summed E-state index contributed by atoms with van der Waals surface area (Å²) >= 11 is 0. The van der Waals surface area contributed by atoms with Crippen LogP contribution in [0.25, 0.3) is 43.1 Å². The second-order valence-electron chi connectivity index (χ2n) is 7.75. The first-order chi connectivity index (χ1) is 13.3. The third kappa shape index (κ3) is 2.45. The predicted octanol–water partition coefficient (Wildman–Crippen LogP) is 7.44. The van der Waals surface area contributed by atoms with Crippen LogP contribution in [0.15, 0.2) is 60.7 Å². The zero-order valence-electron chi connectivity index (χ0n) is 15.9. The first-order valence-electron chi connectivity index (χ1n) is 10.2. The Kier molecular flexibility index (Phi) is 3.89. The Morgan fingerprint density at radius 1 is 0.667 bits per heavy atom. The van der Waals surface area contributed by atoms with Gasteiger partial charge >= 0.3 is 0 Å². The highest BCUT2D eigenvalue weighted by Gasteiger charge is 2.16. The lowest BCUT2D eigenvalue weighted by Crippen LogP contribution is -1.97. The summed E-state index contributed by atoms with van der Waals surface area (Å²) < 4.78 is 0. The topological polar surface area (TPSA) is 26.0 Å². The number of nitrogens with two attached hydrogens (primary N) is 1. The Balaban J connectivity index is 1.87. The first kappa shape index (κ1) is 16.4. The number of nitrogen functional groups attached to an aromatic ring is 1. The molecule has 0 heterocycles. The summed E-state index contributed by atoms with van der Waals surface area (Å²) in [7, 11) is 0. The van der Waals surface area contributed by atoms with Crippen LogP contribution in [0.2, 0.25) is 0 Å². The van der Waals surface area contributed by atoms with E-state index in [1.807, 2.05) is 0 Å². The Bertz CT molecular complexity index is 1260. The molecule has 0 fully saturated rings. The van der Waals surface area contributed by atoms with Gasteiger partial charge in [0.1, 0.15) is 0 Å². The van der Waals surface area contributed by atoms with Crippen LogP contribution in [-0.2, 0) is 6.42 Å². The van der Waals surface area contributed by atoms with Crippen LogP contribution in [0.3, 0.4) is 0 Å². The molecule has 0 radical (unpaired) electrons. The molecule has 5 aromatic rings. The third-order valence-corrected chi connectivity index (χ3v) is 6.04. The van der Waals surface area contributed by atoms with E-state index in [0.717, 1.165) is 12.1 Å². The van der Waals surface area contributed by atoms with Crippen molar-refractivity contribution in [1.29, 1.82) is 0 Å². The second-order valence-corrected chi connectivity index (χ2v) is 7.75. The molecule has 0 unspecified atom stereocenters. The van der Waals surface area contributed by atoms with Crippen molar-refractivity contribution >= 4 is 48.8 Å². The van der Waals surface area contributed by atoms with E-state index in [1.54, 1.807) is 0 Å². The molecule has 0 amide bonds. The van der Waals surface area contributed by atoms with Crippen LogP contribution < -0.4 is 5.73 Å². The lowest BCUT2D eigenvalue weighted by atomic mass is 9.86. The van der Waals surface area contributed by atoms with Gasteiger partial charge in [0.15, 0.2) is 0 Å². The van der Waals surface area contributed by atoms with Gasteiger partial charge in [0, 0.05) is 11.1 Å². The number of fused-ring (bicyclic) bond motifs is 2. The molecule has 0 aliphatic carbocycles. The molecular weight excluding hydrogens is 326 g/mol. The monoisotopic (exact) mass is 351 g/mol. The van der Waals surface area contributed by atoms with E-state index in [4.69, 9.17) is 5.73 Å². The minimum absolute atomic E-state index is 0.919. The zero-order valence-corrected chi connectivity index (χ0v) is 15.9. The van der Waals surface area contributed by atoms with Crippen molar-refractivity contribution in [3.63, 3.8) is 0 Å². The third-order valence-electron chi connectivity index (χ3n) is 6.04. The number of aryl methyl sites for hydroxylation is 1.